The lowest BCUT2D eigenvalue weighted by Crippen LogP contribution is -2.39. The maximum atomic E-state index is 12.6. The highest BCUT2D eigenvalue weighted by Gasteiger charge is 2.33. The standard InChI is InChI=1S/C17H29N5O4S2/c1-13(2)10-22-16(21-5-7-26-8-6-21)18-19-17(22)27-11-15(23)20(3)14-4-9-28(24,25)12-14/h13-14H,4-12H2,1-3H3. The van der Waals surface area contributed by atoms with Crippen molar-refractivity contribution in [1.29, 1.82) is 0 Å². The Bertz CT molecular complexity index is 789. The molecule has 0 bridgehead atoms. The van der Waals surface area contributed by atoms with Crippen LogP contribution in [-0.2, 0) is 25.9 Å². The molecular weight excluding hydrogens is 402 g/mol. The molecule has 0 radical (unpaired) electrons. The molecule has 0 N–H and O–H groups in total. The highest BCUT2D eigenvalue weighted by atomic mass is 32.2. The van der Waals surface area contributed by atoms with Crippen molar-refractivity contribution in [2.75, 3.05) is 55.5 Å². The summed E-state index contributed by atoms with van der Waals surface area (Å²) in [6.45, 7) is 7.94. The molecular formula is C17H29N5O4S2. The van der Waals surface area contributed by atoms with Gasteiger partial charge in [-0.2, -0.15) is 0 Å². The van der Waals surface area contributed by atoms with Crippen molar-refractivity contribution in [2.24, 2.45) is 5.92 Å². The zero-order valence-corrected chi connectivity index (χ0v) is 18.3. The smallest absolute Gasteiger partial charge is 0.233 e. The summed E-state index contributed by atoms with van der Waals surface area (Å²) in [4.78, 5) is 16.3. The molecule has 11 heteroatoms. The second kappa shape index (κ2) is 9.00. The number of carbonyl (C=O) groups excluding carboxylic acids is 1. The SMILES string of the molecule is CC(C)Cn1c(SCC(=O)N(C)C2CCS(=O)(=O)C2)nnc1N1CCOCC1. The van der Waals surface area contributed by atoms with Crippen LogP contribution in [0.15, 0.2) is 5.16 Å². The van der Waals surface area contributed by atoms with Crippen LogP contribution in [0.25, 0.3) is 0 Å². The first-order chi connectivity index (χ1) is 13.3. The Morgan fingerprint density at radius 2 is 2.04 bits per heavy atom. The summed E-state index contributed by atoms with van der Waals surface area (Å²) in [6.07, 6.45) is 0.514. The summed E-state index contributed by atoms with van der Waals surface area (Å²) in [7, 11) is -1.33. The van der Waals surface area contributed by atoms with Crippen molar-refractivity contribution in [3.63, 3.8) is 0 Å². The first kappa shape index (κ1) is 21.4. The number of amides is 1. The Hall–Kier alpha value is -1.33. The van der Waals surface area contributed by atoms with Gasteiger partial charge in [-0.1, -0.05) is 25.6 Å². The van der Waals surface area contributed by atoms with E-state index in [4.69, 9.17) is 4.74 Å². The zero-order valence-electron chi connectivity index (χ0n) is 16.7. The molecule has 1 aromatic rings. The van der Waals surface area contributed by atoms with Gasteiger partial charge in [-0.05, 0) is 12.3 Å². The highest BCUT2D eigenvalue weighted by Crippen LogP contribution is 2.25. The number of anilines is 1. The average molecular weight is 432 g/mol. The Kier molecular flexibility index (Phi) is 6.87. The first-order valence-electron chi connectivity index (χ1n) is 9.61. The lowest BCUT2D eigenvalue weighted by atomic mass is 10.2. The van der Waals surface area contributed by atoms with Crippen LogP contribution in [0, 0.1) is 5.92 Å². The third-order valence-electron chi connectivity index (χ3n) is 5.01. The van der Waals surface area contributed by atoms with E-state index < -0.39 is 9.84 Å². The van der Waals surface area contributed by atoms with E-state index in [0.717, 1.165) is 30.7 Å². The summed E-state index contributed by atoms with van der Waals surface area (Å²) in [6, 6.07) is -0.226. The predicted octanol–water partition coefficient (Wildman–Crippen LogP) is 0.508. The molecule has 1 aromatic heterocycles. The highest BCUT2D eigenvalue weighted by molar-refractivity contribution is 7.99. The second-order valence-electron chi connectivity index (χ2n) is 7.74. The van der Waals surface area contributed by atoms with E-state index in [2.05, 4.69) is 33.5 Å². The van der Waals surface area contributed by atoms with Gasteiger partial charge in [0.25, 0.3) is 0 Å². The van der Waals surface area contributed by atoms with Crippen LogP contribution in [0.3, 0.4) is 0 Å². The summed E-state index contributed by atoms with van der Waals surface area (Å²) in [5.41, 5.74) is 0. The molecule has 158 valence electrons. The van der Waals surface area contributed by atoms with Gasteiger partial charge in [-0.3, -0.25) is 9.36 Å². The van der Waals surface area contributed by atoms with Crippen LogP contribution in [0.5, 0.6) is 0 Å². The van der Waals surface area contributed by atoms with Gasteiger partial charge in [0.2, 0.25) is 11.9 Å². The van der Waals surface area contributed by atoms with Gasteiger partial charge >= 0.3 is 0 Å². The number of hydrogen-bond acceptors (Lipinski definition) is 8. The molecule has 2 saturated heterocycles. The maximum Gasteiger partial charge on any atom is 0.233 e. The number of ether oxygens (including phenoxy) is 1. The lowest BCUT2D eigenvalue weighted by molar-refractivity contribution is -0.128. The fraction of sp³-hybridized carbons (Fsp3) is 0.824. The Morgan fingerprint density at radius 3 is 2.64 bits per heavy atom. The molecule has 1 amide bonds. The summed E-state index contributed by atoms with van der Waals surface area (Å²) >= 11 is 1.36. The number of morpholine rings is 1. The molecule has 0 saturated carbocycles. The minimum absolute atomic E-state index is 0.0601. The maximum absolute atomic E-state index is 12.6. The molecule has 28 heavy (non-hydrogen) atoms. The van der Waals surface area contributed by atoms with Gasteiger partial charge in [-0.25, -0.2) is 8.42 Å². The largest absolute Gasteiger partial charge is 0.378 e. The van der Waals surface area contributed by atoms with Crippen LogP contribution in [-0.4, -0.2) is 90.6 Å². The van der Waals surface area contributed by atoms with E-state index in [1.54, 1.807) is 11.9 Å². The molecule has 2 aliphatic heterocycles. The van der Waals surface area contributed by atoms with Crippen LogP contribution in [0.4, 0.5) is 5.95 Å². The molecule has 0 aromatic carbocycles. The quantitative estimate of drug-likeness (QED) is 0.576. The molecule has 1 atom stereocenters. The number of thioether (sulfide) groups is 1. The monoisotopic (exact) mass is 431 g/mol. The first-order valence-corrected chi connectivity index (χ1v) is 12.4. The van der Waals surface area contributed by atoms with E-state index in [1.807, 2.05) is 0 Å². The van der Waals surface area contributed by atoms with Gasteiger partial charge in [0.05, 0.1) is 30.5 Å². The zero-order chi connectivity index (χ0) is 20.3. The molecule has 3 rings (SSSR count). The van der Waals surface area contributed by atoms with Crippen LogP contribution in [0.2, 0.25) is 0 Å². The fourth-order valence-electron chi connectivity index (χ4n) is 3.42. The Balaban J connectivity index is 1.66. The summed E-state index contributed by atoms with van der Waals surface area (Å²) in [5.74, 6) is 1.59. The number of carbonyl (C=O) groups is 1. The molecule has 3 heterocycles. The summed E-state index contributed by atoms with van der Waals surface area (Å²) < 4.78 is 30.8. The van der Waals surface area contributed by atoms with Crippen molar-refractivity contribution in [2.45, 2.75) is 38.0 Å². The summed E-state index contributed by atoms with van der Waals surface area (Å²) in [5, 5.41) is 9.41. The van der Waals surface area contributed by atoms with E-state index in [9.17, 15) is 13.2 Å². The topological polar surface area (TPSA) is 97.6 Å². The van der Waals surface area contributed by atoms with Gasteiger partial charge < -0.3 is 14.5 Å². The van der Waals surface area contributed by atoms with Gasteiger partial charge in [0, 0.05) is 32.7 Å². The van der Waals surface area contributed by atoms with Crippen molar-refractivity contribution >= 4 is 33.5 Å². The number of hydrogen-bond donors (Lipinski definition) is 0. The number of rotatable bonds is 7. The molecule has 2 fully saturated rings. The van der Waals surface area contributed by atoms with Crippen molar-refractivity contribution in [3.05, 3.63) is 0 Å². The average Bonchev–Trinajstić information content (AvgIpc) is 3.22. The molecule has 0 aliphatic carbocycles. The third kappa shape index (κ3) is 5.18. The minimum atomic E-state index is -3.01. The number of sulfone groups is 1. The van der Waals surface area contributed by atoms with Crippen molar-refractivity contribution in [3.8, 4) is 0 Å². The molecule has 2 aliphatic rings. The van der Waals surface area contributed by atoms with Crippen LogP contribution >= 0.6 is 11.8 Å². The Morgan fingerprint density at radius 1 is 1.32 bits per heavy atom. The normalized spacial score (nSPS) is 22.0. The fourth-order valence-corrected chi connectivity index (χ4v) is 6.06. The van der Waals surface area contributed by atoms with Crippen molar-refractivity contribution in [1.82, 2.24) is 19.7 Å². The van der Waals surface area contributed by atoms with Gasteiger partial charge in [-0.15, -0.1) is 10.2 Å². The molecule has 9 nitrogen and oxygen atoms in total. The molecule has 1 unspecified atom stereocenters. The van der Waals surface area contributed by atoms with Crippen molar-refractivity contribution < 1.29 is 17.9 Å². The Labute approximate surface area is 170 Å². The van der Waals surface area contributed by atoms with E-state index in [1.165, 1.54) is 11.8 Å². The molecule has 0 spiro atoms. The van der Waals surface area contributed by atoms with Gasteiger partial charge in [0.1, 0.15) is 0 Å². The second-order valence-corrected chi connectivity index (χ2v) is 10.9. The predicted molar refractivity (Wildman–Crippen MR) is 108 cm³/mol. The van der Waals surface area contributed by atoms with E-state index >= 15 is 0 Å². The minimum Gasteiger partial charge on any atom is -0.378 e. The van der Waals surface area contributed by atoms with Crippen LogP contribution in [0.1, 0.15) is 20.3 Å². The third-order valence-corrected chi connectivity index (χ3v) is 7.72. The van der Waals surface area contributed by atoms with E-state index in [-0.39, 0.29) is 29.2 Å². The lowest BCUT2D eigenvalue weighted by Gasteiger charge is -2.28. The number of aromatic nitrogens is 3. The number of nitrogens with zero attached hydrogens (tertiary/aromatic N) is 5. The van der Waals surface area contributed by atoms with Gasteiger partial charge in [0.15, 0.2) is 15.0 Å². The van der Waals surface area contributed by atoms with Crippen LogP contribution < -0.4 is 4.90 Å². The van der Waals surface area contributed by atoms with E-state index in [0.29, 0.717) is 25.6 Å².